The molecule has 47 heavy (non-hydrogen) atoms. The van der Waals surface area contributed by atoms with E-state index in [1.54, 1.807) is 58.0 Å². The lowest BCUT2D eigenvalue weighted by atomic mass is 10.0. The maximum atomic E-state index is 13.7. The minimum absolute atomic E-state index is 0.190. The maximum absolute atomic E-state index is 13.7. The SMILES string of the molecule is COc1ccc(S(=O)(=O)N2CCC(N3CCCCC3)CC2)cc1Nc1ncc(-c2ccc(C#N)c(O[C@@H](C)C[n+]3cnn[nH]3)c2)cn1. The Balaban J connectivity index is 1.14. The Morgan fingerprint density at radius 1 is 1.04 bits per heavy atom. The van der Waals surface area contributed by atoms with Gasteiger partial charge in [-0.2, -0.15) is 14.2 Å². The van der Waals surface area contributed by atoms with Gasteiger partial charge in [0.25, 0.3) is 6.33 Å². The average Bonchev–Trinajstić information content (AvgIpc) is 3.62. The summed E-state index contributed by atoms with van der Waals surface area (Å²) >= 11 is 0. The topological polar surface area (TPSA) is 166 Å². The quantitative estimate of drug-likeness (QED) is 0.227. The Morgan fingerprint density at radius 3 is 2.49 bits per heavy atom. The van der Waals surface area contributed by atoms with Crippen molar-refractivity contribution in [2.75, 3.05) is 38.6 Å². The van der Waals surface area contributed by atoms with E-state index in [1.807, 2.05) is 13.0 Å². The molecule has 0 aliphatic carbocycles. The summed E-state index contributed by atoms with van der Waals surface area (Å²) in [5, 5.41) is 22.9. The highest BCUT2D eigenvalue weighted by Crippen LogP contribution is 2.33. The van der Waals surface area contributed by atoms with Crippen molar-refractivity contribution >= 4 is 21.7 Å². The van der Waals surface area contributed by atoms with Crippen LogP contribution >= 0.6 is 0 Å². The van der Waals surface area contributed by atoms with Crippen molar-refractivity contribution in [2.45, 2.75) is 62.6 Å². The first kappa shape index (κ1) is 32.3. The van der Waals surface area contributed by atoms with Crippen molar-refractivity contribution < 1.29 is 22.6 Å². The first-order valence-corrected chi connectivity index (χ1v) is 17.3. The Morgan fingerprint density at radius 2 is 1.81 bits per heavy atom. The Labute approximate surface area is 274 Å². The molecule has 14 nitrogen and oxygen atoms in total. The summed E-state index contributed by atoms with van der Waals surface area (Å²) in [5.41, 5.74) is 2.32. The summed E-state index contributed by atoms with van der Waals surface area (Å²) in [4.78, 5) is 11.7. The van der Waals surface area contributed by atoms with Crippen molar-refractivity contribution in [3.05, 3.63) is 60.7 Å². The Kier molecular flexibility index (Phi) is 9.90. The number of aromatic amines is 1. The number of nitrogens with zero attached hydrogens (tertiary/aromatic N) is 8. The van der Waals surface area contributed by atoms with E-state index in [0.717, 1.165) is 31.5 Å². The van der Waals surface area contributed by atoms with Gasteiger partial charge in [-0.15, -0.1) is 0 Å². The second-order valence-electron chi connectivity index (χ2n) is 11.8. The van der Waals surface area contributed by atoms with E-state index in [4.69, 9.17) is 9.47 Å². The average molecular weight is 660 g/mol. The highest BCUT2D eigenvalue weighted by atomic mass is 32.2. The molecule has 2 N–H and O–H groups in total. The summed E-state index contributed by atoms with van der Waals surface area (Å²) in [6, 6.07) is 12.7. The summed E-state index contributed by atoms with van der Waals surface area (Å²) in [6.07, 6.45) is 10.00. The molecule has 0 radical (unpaired) electrons. The van der Waals surface area contributed by atoms with Gasteiger partial charge in [0.15, 0.2) is 5.21 Å². The molecule has 0 amide bonds. The molecule has 0 unspecified atom stereocenters. The zero-order valence-electron chi connectivity index (χ0n) is 26.5. The van der Waals surface area contributed by atoms with Crippen LogP contribution in [-0.2, 0) is 16.6 Å². The molecule has 2 fully saturated rings. The number of benzene rings is 2. The number of aromatic nitrogens is 6. The van der Waals surface area contributed by atoms with Crippen LogP contribution in [0, 0.1) is 11.3 Å². The standard InChI is InChI=1S/C32H38N10O4S/c1-23(21-41-22-36-38-39-41)46-31-16-24(6-7-25(31)18-33)26-19-34-32(35-20-26)37-29-17-28(8-9-30(29)45-2)47(43,44)42-14-10-27(11-15-42)40-12-4-3-5-13-40/h6-9,16-17,19-20,22-23,27H,3-5,10-15,21H2,1-2H3,(H,34,35,37)/p+1/t23-/m0/s1. The van der Waals surface area contributed by atoms with Gasteiger partial charge in [0.2, 0.25) is 16.0 Å². The predicted octanol–water partition coefficient (Wildman–Crippen LogP) is 3.28. The number of likely N-dealkylation sites (tertiary alicyclic amines) is 1. The molecule has 2 aliphatic heterocycles. The molecule has 2 aromatic carbocycles. The molecule has 0 saturated carbocycles. The highest BCUT2D eigenvalue weighted by molar-refractivity contribution is 7.89. The van der Waals surface area contributed by atoms with Gasteiger partial charge in [0.1, 0.15) is 35.3 Å². The summed E-state index contributed by atoms with van der Waals surface area (Å²) < 4.78 is 42.2. The number of hydrogen-bond donors (Lipinski definition) is 2. The fourth-order valence-electron chi connectivity index (χ4n) is 6.20. The lowest BCUT2D eigenvalue weighted by Gasteiger charge is -2.39. The molecule has 4 aromatic rings. The van der Waals surface area contributed by atoms with Crippen LogP contribution in [0.3, 0.4) is 0 Å². The lowest BCUT2D eigenvalue weighted by molar-refractivity contribution is -0.758. The third-order valence-corrected chi connectivity index (χ3v) is 10.6. The molecule has 15 heteroatoms. The van der Waals surface area contributed by atoms with E-state index in [2.05, 4.69) is 41.8 Å². The van der Waals surface area contributed by atoms with Crippen LogP contribution in [0.1, 0.15) is 44.6 Å². The van der Waals surface area contributed by atoms with E-state index in [-0.39, 0.29) is 16.9 Å². The Bertz CT molecular complexity index is 1800. The number of nitriles is 1. The molecule has 1 atom stereocenters. The molecule has 6 rings (SSSR count). The number of anilines is 2. The molecule has 246 valence electrons. The third-order valence-electron chi connectivity index (χ3n) is 8.68. The highest BCUT2D eigenvalue weighted by Gasteiger charge is 2.32. The normalized spacial score (nSPS) is 17.1. The second kappa shape index (κ2) is 14.4. The Hall–Kier alpha value is -4.65. The van der Waals surface area contributed by atoms with Crippen molar-refractivity contribution in [3.63, 3.8) is 0 Å². The molecule has 2 aromatic heterocycles. The fraction of sp³-hybridized carbons (Fsp3) is 0.438. The van der Waals surface area contributed by atoms with Crippen LogP contribution in [0.25, 0.3) is 11.1 Å². The molecule has 2 saturated heterocycles. The molecule has 4 heterocycles. The number of hydrogen-bond acceptors (Lipinski definition) is 11. The van der Waals surface area contributed by atoms with E-state index < -0.39 is 10.0 Å². The minimum atomic E-state index is -3.70. The first-order valence-electron chi connectivity index (χ1n) is 15.8. The fourth-order valence-corrected chi connectivity index (χ4v) is 7.69. The van der Waals surface area contributed by atoms with Crippen LogP contribution in [0.5, 0.6) is 11.5 Å². The van der Waals surface area contributed by atoms with Crippen molar-refractivity contribution in [2.24, 2.45) is 0 Å². The van der Waals surface area contributed by atoms with E-state index in [9.17, 15) is 13.7 Å². The van der Waals surface area contributed by atoms with Crippen LogP contribution in [0.15, 0.2) is 60.0 Å². The van der Waals surface area contributed by atoms with Gasteiger partial charge in [0.05, 0.1) is 23.3 Å². The first-order chi connectivity index (χ1) is 22.8. The lowest BCUT2D eigenvalue weighted by Crippen LogP contribution is -2.48. The second-order valence-corrected chi connectivity index (χ2v) is 13.8. The number of sulfonamides is 1. The van der Waals surface area contributed by atoms with Gasteiger partial charge < -0.3 is 19.7 Å². The van der Waals surface area contributed by atoms with Gasteiger partial charge >= 0.3 is 0 Å². The van der Waals surface area contributed by atoms with Gasteiger partial charge in [-0.3, -0.25) is 0 Å². The monoisotopic (exact) mass is 659 g/mol. The van der Waals surface area contributed by atoms with Crippen LogP contribution < -0.4 is 19.5 Å². The number of ether oxygens (including phenoxy) is 2. The van der Waals surface area contributed by atoms with E-state index >= 15 is 0 Å². The largest absolute Gasteiger partial charge is 0.495 e. The summed E-state index contributed by atoms with van der Waals surface area (Å²) in [5.74, 6) is 1.17. The molecular weight excluding hydrogens is 620 g/mol. The van der Waals surface area contributed by atoms with Gasteiger partial charge in [-0.25, -0.2) is 18.4 Å². The van der Waals surface area contributed by atoms with Gasteiger partial charge in [-0.05, 0) is 81.6 Å². The zero-order chi connectivity index (χ0) is 32.8. The van der Waals surface area contributed by atoms with Gasteiger partial charge in [0, 0.05) is 37.1 Å². The summed E-state index contributed by atoms with van der Waals surface area (Å²) in [7, 11) is -2.17. The van der Waals surface area contributed by atoms with Gasteiger partial charge in [-0.1, -0.05) is 17.7 Å². The third kappa shape index (κ3) is 7.51. The molecule has 0 spiro atoms. The number of methoxy groups -OCH3 is 1. The van der Waals surface area contributed by atoms with Crippen molar-refractivity contribution in [3.8, 4) is 28.7 Å². The molecular formula is C32H39N10O4S+. The summed E-state index contributed by atoms with van der Waals surface area (Å²) in [6.45, 7) is 5.59. The maximum Gasteiger partial charge on any atom is 0.288 e. The zero-order valence-corrected chi connectivity index (χ0v) is 27.4. The predicted molar refractivity (Wildman–Crippen MR) is 172 cm³/mol. The van der Waals surface area contributed by atoms with Crippen LogP contribution in [-0.4, -0.2) is 88.6 Å². The van der Waals surface area contributed by atoms with Crippen LogP contribution in [0.2, 0.25) is 0 Å². The van der Waals surface area contributed by atoms with Crippen LogP contribution in [0.4, 0.5) is 11.6 Å². The number of nitrogens with one attached hydrogen (secondary N) is 2. The number of H-pyrrole nitrogens is 1. The number of tetrazole rings is 1. The molecule has 2 aliphatic rings. The van der Waals surface area contributed by atoms with Crippen molar-refractivity contribution in [1.82, 2.24) is 34.7 Å². The number of rotatable bonds is 11. The molecule has 0 bridgehead atoms. The minimum Gasteiger partial charge on any atom is -0.495 e. The van der Waals surface area contributed by atoms with E-state index in [1.165, 1.54) is 26.4 Å². The van der Waals surface area contributed by atoms with E-state index in [0.29, 0.717) is 54.0 Å². The smallest absolute Gasteiger partial charge is 0.288 e. The van der Waals surface area contributed by atoms with Crippen molar-refractivity contribution in [1.29, 1.82) is 5.26 Å². The number of piperidine rings is 2.